The fourth-order valence-electron chi connectivity index (χ4n) is 0.658. The zero-order chi connectivity index (χ0) is 8.85. The molecule has 0 spiro atoms. The average molecular weight is 162 g/mol. The van der Waals surface area contributed by atoms with E-state index in [4.69, 9.17) is 0 Å². The Hall–Kier alpha value is -0.610. The number of ether oxygens (including phenoxy) is 2. The Bertz CT molecular complexity index is 124. The van der Waals surface area contributed by atoms with Gasteiger partial charge in [0.15, 0.2) is 0 Å². The van der Waals surface area contributed by atoms with Gasteiger partial charge in [0.1, 0.15) is 0 Å². The van der Waals surface area contributed by atoms with E-state index in [2.05, 4.69) is 9.47 Å². The summed E-state index contributed by atoms with van der Waals surface area (Å²) >= 11 is 0. The van der Waals surface area contributed by atoms with Crippen molar-refractivity contribution in [1.29, 1.82) is 0 Å². The summed E-state index contributed by atoms with van der Waals surface area (Å²) in [4.78, 5) is 10.8. The number of carbonyl (C=O) groups excluding carboxylic acids is 1. The van der Waals surface area contributed by atoms with Crippen LogP contribution >= 0.6 is 0 Å². The monoisotopic (exact) mass is 162 g/mol. The molecule has 0 heterocycles. The minimum absolute atomic E-state index is 0.149. The van der Waals surface area contributed by atoms with Crippen molar-refractivity contribution in [3.8, 4) is 0 Å². The van der Waals surface area contributed by atoms with Crippen molar-refractivity contribution in [3.05, 3.63) is 0 Å². The Morgan fingerprint density at radius 1 is 1.55 bits per heavy atom. The van der Waals surface area contributed by atoms with Gasteiger partial charge in [0.25, 0.3) is 0 Å². The number of esters is 1. The summed E-state index contributed by atoms with van der Waals surface area (Å²) in [7, 11) is 2.76. The van der Waals surface area contributed by atoms with Crippen molar-refractivity contribution in [2.75, 3.05) is 20.8 Å². The van der Waals surface area contributed by atoms with E-state index < -0.39 is 18.0 Å². The van der Waals surface area contributed by atoms with E-state index in [-0.39, 0.29) is 6.61 Å². The molecule has 0 aromatic carbocycles. The first-order valence-corrected chi connectivity index (χ1v) is 3.38. The van der Waals surface area contributed by atoms with Crippen molar-refractivity contribution in [2.45, 2.75) is 13.0 Å². The minimum Gasteiger partial charge on any atom is -0.469 e. The van der Waals surface area contributed by atoms with E-state index in [9.17, 15) is 9.90 Å². The number of hydrogen-bond acceptors (Lipinski definition) is 4. The summed E-state index contributed by atoms with van der Waals surface area (Å²) in [6.45, 7) is 1.74. The van der Waals surface area contributed by atoms with Crippen molar-refractivity contribution in [3.63, 3.8) is 0 Å². The van der Waals surface area contributed by atoms with E-state index in [0.717, 1.165) is 0 Å². The van der Waals surface area contributed by atoms with Gasteiger partial charge in [-0.25, -0.2) is 0 Å². The van der Waals surface area contributed by atoms with Crippen molar-refractivity contribution in [2.24, 2.45) is 5.92 Å². The Morgan fingerprint density at radius 2 is 2.09 bits per heavy atom. The van der Waals surface area contributed by atoms with Crippen LogP contribution in [0.5, 0.6) is 0 Å². The Morgan fingerprint density at radius 3 is 2.45 bits per heavy atom. The van der Waals surface area contributed by atoms with Crippen LogP contribution in [0.2, 0.25) is 0 Å². The van der Waals surface area contributed by atoms with Crippen LogP contribution in [0.25, 0.3) is 0 Å². The lowest BCUT2D eigenvalue weighted by Gasteiger charge is -2.14. The molecule has 0 aliphatic carbocycles. The first-order valence-electron chi connectivity index (χ1n) is 3.38. The lowest BCUT2D eigenvalue weighted by molar-refractivity contribution is -0.149. The maximum atomic E-state index is 10.8. The molecule has 0 rings (SSSR count). The van der Waals surface area contributed by atoms with Crippen LogP contribution in [0, 0.1) is 5.92 Å². The molecule has 0 amide bonds. The second-order valence-electron chi connectivity index (χ2n) is 2.33. The molecule has 0 fully saturated rings. The van der Waals surface area contributed by atoms with E-state index in [1.165, 1.54) is 14.2 Å². The zero-order valence-corrected chi connectivity index (χ0v) is 7.03. The van der Waals surface area contributed by atoms with Crippen molar-refractivity contribution >= 4 is 5.97 Å². The van der Waals surface area contributed by atoms with Gasteiger partial charge in [-0.2, -0.15) is 0 Å². The van der Waals surface area contributed by atoms with E-state index >= 15 is 0 Å². The third-order valence-electron chi connectivity index (χ3n) is 1.49. The molecular formula is C7H14O4. The van der Waals surface area contributed by atoms with Gasteiger partial charge in [0.2, 0.25) is 0 Å². The third kappa shape index (κ3) is 3.34. The quantitative estimate of drug-likeness (QED) is 0.582. The molecule has 0 aliphatic heterocycles. The molecule has 2 atom stereocenters. The fraction of sp³-hybridized carbons (Fsp3) is 0.857. The van der Waals surface area contributed by atoms with Crippen molar-refractivity contribution < 1.29 is 19.4 Å². The minimum atomic E-state index is -0.785. The SMILES string of the molecule is COCC(O)C(C)C(=O)OC. The van der Waals surface area contributed by atoms with Gasteiger partial charge in [-0.15, -0.1) is 0 Å². The molecule has 0 saturated carbocycles. The highest BCUT2D eigenvalue weighted by atomic mass is 16.5. The standard InChI is InChI=1S/C7H14O4/c1-5(7(9)11-3)6(8)4-10-2/h5-6,8H,4H2,1-3H3. The maximum Gasteiger partial charge on any atom is 0.311 e. The molecule has 66 valence electrons. The van der Waals surface area contributed by atoms with Crippen LogP contribution in [0.3, 0.4) is 0 Å². The topological polar surface area (TPSA) is 55.8 Å². The zero-order valence-electron chi connectivity index (χ0n) is 7.03. The molecular weight excluding hydrogens is 148 g/mol. The van der Waals surface area contributed by atoms with Crippen LogP contribution in [0.4, 0.5) is 0 Å². The van der Waals surface area contributed by atoms with Crippen molar-refractivity contribution in [1.82, 2.24) is 0 Å². The summed E-state index contributed by atoms with van der Waals surface area (Å²) in [5.41, 5.74) is 0. The summed E-state index contributed by atoms with van der Waals surface area (Å²) in [6, 6.07) is 0. The predicted molar refractivity (Wildman–Crippen MR) is 39.1 cm³/mol. The van der Waals surface area contributed by atoms with Crippen LogP contribution < -0.4 is 0 Å². The highest BCUT2D eigenvalue weighted by Gasteiger charge is 2.21. The Balaban J connectivity index is 3.80. The molecule has 0 radical (unpaired) electrons. The highest BCUT2D eigenvalue weighted by Crippen LogP contribution is 2.04. The molecule has 4 nitrogen and oxygen atoms in total. The first-order chi connectivity index (χ1) is 5.13. The fourth-order valence-corrected chi connectivity index (χ4v) is 0.658. The van der Waals surface area contributed by atoms with Crippen LogP contribution in [-0.4, -0.2) is 38.0 Å². The van der Waals surface area contributed by atoms with Gasteiger partial charge in [-0.1, -0.05) is 0 Å². The molecule has 0 saturated heterocycles. The summed E-state index contributed by atoms with van der Waals surface area (Å²) in [6.07, 6.45) is -0.785. The lowest BCUT2D eigenvalue weighted by atomic mass is 10.1. The van der Waals surface area contributed by atoms with Gasteiger partial charge in [0.05, 0.1) is 25.7 Å². The number of methoxy groups -OCH3 is 2. The van der Waals surface area contributed by atoms with E-state index in [1.807, 2.05) is 0 Å². The molecule has 1 N–H and O–H groups in total. The van der Waals surface area contributed by atoms with Gasteiger partial charge in [0, 0.05) is 7.11 Å². The number of aliphatic hydroxyl groups is 1. The molecule has 0 aliphatic rings. The molecule has 11 heavy (non-hydrogen) atoms. The number of carbonyl (C=O) groups is 1. The normalized spacial score (nSPS) is 15.6. The van der Waals surface area contributed by atoms with Gasteiger partial charge >= 0.3 is 5.97 Å². The van der Waals surface area contributed by atoms with Gasteiger partial charge in [-0.05, 0) is 6.92 Å². The van der Waals surface area contributed by atoms with Crippen LogP contribution in [-0.2, 0) is 14.3 Å². The third-order valence-corrected chi connectivity index (χ3v) is 1.49. The summed E-state index contributed by atoms with van der Waals surface area (Å²) in [5.74, 6) is -0.950. The Kier molecular flexibility index (Phi) is 4.81. The van der Waals surface area contributed by atoms with Crippen LogP contribution in [0.1, 0.15) is 6.92 Å². The second-order valence-corrected chi connectivity index (χ2v) is 2.33. The largest absolute Gasteiger partial charge is 0.469 e. The van der Waals surface area contributed by atoms with Crippen LogP contribution in [0.15, 0.2) is 0 Å². The van der Waals surface area contributed by atoms with Gasteiger partial charge < -0.3 is 14.6 Å². The van der Waals surface area contributed by atoms with E-state index in [0.29, 0.717) is 0 Å². The molecule has 0 aromatic rings. The number of aliphatic hydroxyl groups excluding tert-OH is 1. The Labute approximate surface area is 66.1 Å². The summed E-state index contributed by atoms with van der Waals surface area (Å²) in [5, 5.41) is 9.19. The predicted octanol–water partition coefficient (Wildman–Crippen LogP) is -0.197. The lowest BCUT2D eigenvalue weighted by Crippen LogP contribution is -2.30. The average Bonchev–Trinajstić information content (AvgIpc) is 2.02. The molecule has 2 unspecified atom stereocenters. The molecule has 0 aromatic heterocycles. The second kappa shape index (κ2) is 5.09. The first kappa shape index (κ1) is 10.4. The van der Waals surface area contributed by atoms with E-state index in [1.54, 1.807) is 6.92 Å². The molecule has 0 bridgehead atoms. The highest BCUT2D eigenvalue weighted by molar-refractivity contribution is 5.72. The smallest absolute Gasteiger partial charge is 0.311 e. The number of hydrogen-bond donors (Lipinski definition) is 1. The number of rotatable bonds is 4. The molecule has 4 heteroatoms. The summed E-state index contributed by atoms with van der Waals surface area (Å²) < 4.78 is 9.09. The maximum absolute atomic E-state index is 10.8. The van der Waals surface area contributed by atoms with Gasteiger partial charge in [-0.3, -0.25) is 4.79 Å².